The van der Waals surface area contributed by atoms with Gasteiger partial charge in [-0.1, -0.05) is 25.4 Å². The highest BCUT2D eigenvalue weighted by Crippen LogP contribution is 2.37. The van der Waals surface area contributed by atoms with Gasteiger partial charge in [-0.15, -0.1) is 0 Å². The Bertz CT molecular complexity index is 616. The maximum Gasteiger partial charge on any atom is 0.254 e. The summed E-state index contributed by atoms with van der Waals surface area (Å²) >= 11 is 6.37. The number of piperidine rings is 1. The van der Waals surface area contributed by atoms with E-state index in [1.54, 1.807) is 19.2 Å². The largest absolute Gasteiger partial charge is 0.493 e. The standard InChI is InChI=1S/C20H31ClN2O4/c1-14(2)13-27-19-17(21)11-15(12-18(19)25-3)20(24)23-8-5-16(6-9-23)26-10-4-7-22/h11-12,14,16H,4-10,13,22H2,1-3H3. The van der Waals surface area contributed by atoms with E-state index in [9.17, 15) is 4.79 Å². The van der Waals surface area contributed by atoms with Crippen molar-refractivity contribution in [2.45, 2.75) is 39.2 Å². The number of methoxy groups -OCH3 is 1. The molecule has 0 atom stereocenters. The number of hydrogen-bond acceptors (Lipinski definition) is 5. The highest BCUT2D eigenvalue weighted by molar-refractivity contribution is 6.32. The van der Waals surface area contributed by atoms with Crippen molar-refractivity contribution in [3.63, 3.8) is 0 Å². The van der Waals surface area contributed by atoms with Crippen LogP contribution in [0.3, 0.4) is 0 Å². The van der Waals surface area contributed by atoms with Crippen LogP contribution in [0, 0.1) is 5.92 Å². The van der Waals surface area contributed by atoms with E-state index in [0.29, 0.717) is 60.9 Å². The monoisotopic (exact) mass is 398 g/mol. The van der Waals surface area contributed by atoms with Crippen molar-refractivity contribution in [2.75, 3.05) is 40.0 Å². The minimum Gasteiger partial charge on any atom is -0.493 e. The smallest absolute Gasteiger partial charge is 0.254 e. The third-order valence-electron chi connectivity index (χ3n) is 4.47. The number of amides is 1. The van der Waals surface area contributed by atoms with Crippen LogP contribution in [0.15, 0.2) is 12.1 Å². The number of nitrogens with zero attached hydrogens (tertiary/aromatic N) is 1. The van der Waals surface area contributed by atoms with Crippen LogP contribution in [-0.2, 0) is 4.74 Å². The van der Waals surface area contributed by atoms with Crippen LogP contribution in [0.4, 0.5) is 0 Å². The number of rotatable bonds is 9. The lowest BCUT2D eigenvalue weighted by Gasteiger charge is -2.32. The summed E-state index contributed by atoms with van der Waals surface area (Å²) in [6.07, 6.45) is 2.72. The van der Waals surface area contributed by atoms with E-state index in [0.717, 1.165) is 19.3 Å². The van der Waals surface area contributed by atoms with Crippen molar-refractivity contribution in [3.8, 4) is 11.5 Å². The molecule has 152 valence electrons. The summed E-state index contributed by atoms with van der Waals surface area (Å²) in [6, 6.07) is 3.36. The molecule has 0 spiro atoms. The molecule has 1 aliphatic heterocycles. The number of carbonyl (C=O) groups excluding carboxylic acids is 1. The first kappa shape index (κ1) is 21.8. The van der Waals surface area contributed by atoms with Gasteiger partial charge in [0.2, 0.25) is 0 Å². The molecule has 2 rings (SSSR count). The van der Waals surface area contributed by atoms with Crippen molar-refractivity contribution in [1.82, 2.24) is 4.90 Å². The van der Waals surface area contributed by atoms with Crippen LogP contribution in [0.25, 0.3) is 0 Å². The number of carbonyl (C=O) groups is 1. The molecule has 0 unspecified atom stereocenters. The summed E-state index contributed by atoms with van der Waals surface area (Å²) < 4.78 is 17.0. The van der Waals surface area contributed by atoms with Gasteiger partial charge in [0, 0.05) is 25.3 Å². The Kier molecular flexibility index (Phi) is 8.67. The van der Waals surface area contributed by atoms with Crippen LogP contribution in [-0.4, -0.2) is 56.9 Å². The highest BCUT2D eigenvalue weighted by atomic mass is 35.5. The van der Waals surface area contributed by atoms with Gasteiger partial charge in [0.15, 0.2) is 11.5 Å². The Morgan fingerprint density at radius 2 is 2.04 bits per heavy atom. The van der Waals surface area contributed by atoms with Gasteiger partial charge in [0.25, 0.3) is 5.91 Å². The Hall–Kier alpha value is -1.50. The number of ether oxygens (including phenoxy) is 3. The van der Waals surface area contributed by atoms with E-state index in [4.69, 9.17) is 31.5 Å². The second-order valence-electron chi connectivity index (χ2n) is 7.20. The number of likely N-dealkylation sites (tertiary alicyclic amines) is 1. The zero-order valence-electron chi connectivity index (χ0n) is 16.5. The zero-order valence-corrected chi connectivity index (χ0v) is 17.3. The van der Waals surface area contributed by atoms with Gasteiger partial charge < -0.3 is 24.8 Å². The second kappa shape index (κ2) is 10.7. The summed E-state index contributed by atoms with van der Waals surface area (Å²) in [6.45, 7) is 7.29. The summed E-state index contributed by atoms with van der Waals surface area (Å²) in [7, 11) is 1.55. The van der Waals surface area contributed by atoms with Crippen LogP contribution in [0.2, 0.25) is 5.02 Å². The van der Waals surface area contributed by atoms with Gasteiger partial charge in [0.1, 0.15) is 0 Å². The molecular formula is C20H31ClN2O4. The molecule has 1 aliphatic rings. The lowest BCUT2D eigenvalue weighted by atomic mass is 10.1. The molecule has 1 aromatic rings. The van der Waals surface area contributed by atoms with Crippen LogP contribution >= 0.6 is 11.6 Å². The third-order valence-corrected chi connectivity index (χ3v) is 4.75. The van der Waals surface area contributed by atoms with Crippen LogP contribution < -0.4 is 15.2 Å². The molecule has 2 N–H and O–H groups in total. The molecule has 27 heavy (non-hydrogen) atoms. The molecule has 0 saturated carbocycles. The molecule has 1 amide bonds. The van der Waals surface area contributed by atoms with E-state index in [1.807, 2.05) is 4.90 Å². The molecule has 0 radical (unpaired) electrons. The lowest BCUT2D eigenvalue weighted by Crippen LogP contribution is -2.41. The molecule has 7 heteroatoms. The van der Waals surface area contributed by atoms with E-state index < -0.39 is 0 Å². The molecule has 0 aromatic heterocycles. The maximum absolute atomic E-state index is 12.9. The lowest BCUT2D eigenvalue weighted by molar-refractivity contribution is 0.00843. The fourth-order valence-corrected chi connectivity index (χ4v) is 3.24. The highest BCUT2D eigenvalue weighted by Gasteiger charge is 2.25. The van der Waals surface area contributed by atoms with Crippen molar-refractivity contribution in [3.05, 3.63) is 22.7 Å². The van der Waals surface area contributed by atoms with Gasteiger partial charge in [-0.05, 0) is 43.9 Å². The minimum atomic E-state index is -0.0500. The SMILES string of the molecule is COc1cc(C(=O)N2CCC(OCCCN)CC2)cc(Cl)c1OCC(C)C. The summed E-state index contributed by atoms with van der Waals surface area (Å²) in [5.41, 5.74) is 6.00. The first-order valence-electron chi connectivity index (χ1n) is 9.57. The van der Waals surface area contributed by atoms with Gasteiger partial charge in [-0.25, -0.2) is 0 Å². The zero-order chi connectivity index (χ0) is 19.8. The molecule has 1 fully saturated rings. The van der Waals surface area contributed by atoms with E-state index in [-0.39, 0.29) is 12.0 Å². The van der Waals surface area contributed by atoms with Crippen molar-refractivity contribution < 1.29 is 19.0 Å². The summed E-state index contributed by atoms with van der Waals surface area (Å²) in [5.74, 6) is 1.27. The molecule has 1 heterocycles. The third kappa shape index (κ3) is 6.26. The van der Waals surface area contributed by atoms with E-state index in [2.05, 4.69) is 13.8 Å². The number of hydrogen-bond donors (Lipinski definition) is 1. The molecule has 0 bridgehead atoms. The van der Waals surface area contributed by atoms with E-state index in [1.165, 1.54) is 0 Å². The molecule has 0 aliphatic carbocycles. The fourth-order valence-electron chi connectivity index (χ4n) is 2.97. The van der Waals surface area contributed by atoms with E-state index >= 15 is 0 Å². The predicted molar refractivity (Wildman–Crippen MR) is 107 cm³/mol. The quantitative estimate of drug-likeness (QED) is 0.645. The predicted octanol–water partition coefficient (Wildman–Crippen LogP) is 3.35. The Morgan fingerprint density at radius 1 is 1.33 bits per heavy atom. The van der Waals surface area contributed by atoms with Crippen LogP contribution in [0.5, 0.6) is 11.5 Å². The molecule has 6 nitrogen and oxygen atoms in total. The first-order valence-corrected chi connectivity index (χ1v) is 9.95. The van der Waals surface area contributed by atoms with Crippen molar-refractivity contribution in [1.29, 1.82) is 0 Å². The van der Waals surface area contributed by atoms with Gasteiger partial charge in [0.05, 0.1) is 24.8 Å². The number of nitrogens with two attached hydrogens (primary N) is 1. The summed E-state index contributed by atoms with van der Waals surface area (Å²) in [4.78, 5) is 14.7. The molecule has 1 aromatic carbocycles. The average molecular weight is 399 g/mol. The second-order valence-corrected chi connectivity index (χ2v) is 7.61. The maximum atomic E-state index is 12.9. The Balaban J connectivity index is 2.01. The Labute approximate surface area is 166 Å². The van der Waals surface area contributed by atoms with Crippen LogP contribution in [0.1, 0.15) is 43.5 Å². The Morgan fingerprint density at radius 3 is 2.63 bits per heavy atom. The van der Waals surface area contributed by atoms with Gasteiger partial charge in [-0.3, -0.25) is 4.79 Å². The number of halogens is 1. The van der Waals surface area contributed by atoms with Crippen molar-refractivity contribution >= 4 is 17.5 Å². The summed E-state index contributed by atoms with van der Waals surface area (Å²) in [5, 5.41) is 0.387. The van der Waals surface area contributed by atoms with Gasteiger partial charge in [-0.2, -0.15) is 0 Å². The fraction of sp³-hybridized carbons (Fsp3) is 0.650. The van der Waals surface area contributed by atoms with Crippen molar-refractivity contribution in [2.24, 2.45) is 11.7 Å². The molecule has 1 saturated heterocycles. The normalized spacial score (nSPS) is 15.3. The minimum absolute atomic E-state index is 0.0500. The topological polar surface area (TPSA) is 74.0 Å². The average Bonchev–Trinajstić information content (AvgIpc) is 2.66. The first-order chi connectivity index (χ1) is 13.0. The number of benzene rings is 1. The van der Waals surface area contributed by atoms with Gasteiger partial charge >= 0.3 is 0 Å². The molecular weight excluding hydrogens is 368 g/mol.